The summed E-state index contributed by atoms with van der Waals surface area (Å²) in [5.41, 5.74) is -0.743. The van der Waals surface area contributed by atoms with Crippen molar-refractivity contribution in [1.29, 1.82) is 0 Å². The molecule has 0 amide bonds. The summed E-state index contributed by atoms with van der Waals surface area (Å²) in [4.78, 5) is 1.97. The maximum atomic E-state index is 13.7. The summed E-state index contributed by atoms with van der Waals surface area (Å²) >= 11 is 0. The van der Waals surface area contributed by atoms with Crippen LogP contribution in [0.4, 0.5) is 17.6 Å². The third-order valence-electron chi connectivity index (χ3n) is 3.00. The van der Waals surface area contributed by atoms with Crippen LogP contribution in [0.3, 0.4) is 0 Å². The predicted molar refractivity (Wildman–Crippen MR) is 69.6 cm³/mol. The average molecular weight is 291 g/mol. The van der Waals surface area contributed by atoms with Crippen LogP contribution in [0.1, 0.15) is 19.4 Å². The predicted octanol–water partition coefficient (Wildman–Crippen LogP) is 3.61. The Balaban J connectivity index is 3.11. The maximum Gasteiger partial charge on any atom is 0.204 e. The highest BCUT2D eigenvalue weighted by molar-refractivity contribution is 5.54. The molecule has 0 aliphatic carbocycles. The van der Waals surface area contributed by atoms with Gasteiger partial charge in [0.05, 0.1) is 12.7 Å². The van der Waals surface area contributed by atoms with Gasteiger partial charge in [0.1, 0.15) is 0 Å². The Morgan fingerprint density at radius 2 is 1.45 bits per heavy atom. The van der Waals surface area contributed by atoms with Crippen LogP contribution in [0.15, 0.2) is 6.08 Å². The summed E-state index contributed by atoms with van der Waals surface area (Å²) in [7, 11) is 0.941. The summed E-state index contributed by atoms with van der Waals surface area (Å²) in [5.74, 6) is -7.04. The van der Waals surface area contributed by atoms with Gasteiger partial charge in [-0.15, -0.1) is 0 Å². The largest absolute Gasteiger partial charge is 0.491 e. The summed E-state index contributed by atoms with van der Waals surface area (Å²) in [6, 6.07) is 0. The van der Waals surface area contributed by atoms with Crippen LogP contribution in [0, 0.1) is 23.3 Å². The zero-order chi connectivity index (χ0) is 15.3. The van der Waals surface area contributed by atoms with Crippen molar-refractivity contribution in [3.63, 3.8) is 0 Å². The van der Waals surface area contributed by atoms with Crippen LogP contribution in [0.5, 0.6) is 5.75 Å². The van der Waals surface area contributed by atoms with Crippen molar-refractivity contribution >= 4 is 6.08 Å². The molecule has 0 fully saturated rings. The van der Waals surface area contributed by atoms with Crippen LogP contribution in [0.2, 0.25) is 0 Å². The van der Waals surface area contributed by atoms with E-state index in [1.54, 1.807) is 0 Å². The maximum absolute atomic E-state index is 13.7. The molecule has 1 aromatic carbocycles. The first-order chi connectivity index (χ1) is 9.47. The second-order valence-electron chi connectivity index (χ2n) is 4.09. The van der Waals surface area contributed by atoms with Crippen LogP contribution in [-0.4, -0.2) is 31.6 Å². The Morgan fingerprint density at radius 3 is 1.85 bits per heavy atom. The second kappa shape index (κ2) is 7.28. The summed E-state index contributed by atoms with van der Waals surface area (Å²) in [6.07, 6.45) is 2.49. The molecule has 6 heteroatoms. The Labute approximate surface area is 115 Å². The van der Waals surface area contributed by atoms with Gasteiger partial charge < -0.3 is 9.64 Å². The molecule has 0 radical (unpaired) electrons. The lowest BCUT2D eigenvalue weighted by Crippen LogP contribution is -2.22. The number of likely N-dealkylation sites (N-methyl/N-ethyl adjacent to an activating group) is 1. The molecule has 0 N–H and O–H groups in total. The third-order valence-corrected chi connectivity index (χ3v) is 3.00. The normalized spacial score (nSPS) is 11.6. The van der Waals surface area contributed by atoms with Gasteiger partial charge in [0.25, 0.3) is 0 Å². The van der Waals surface area contributed by atoms with Crippen LogP contribution in [-0.2, 0) is 0 Å². The highest BCUT2D eigenvalue weighted by atomic mass is 19.2. The lowest BCUT2D eigenvalue weighted by Gasteiger charge is -2.15. The first-order valence-electron chi connectivity index (χ1n) is 6.26. The van der Waals surface area contributed by atoms with Crippen LogP contribution in [0.25, 0.3) is 6.08 Å². The third kappa shape index (κ3) is 3.30. The Hall–Kier alpha value is -1.56. The molecular formula is C14H17F4NO. The van der Waals surface area contributed by atoms with E-state index in [9.17, 15) is 17.6 Å². The van der Waals surface area contributed by atoms with E-state index < -0.39 is 34.6 Å². The molecule has 20 heavy (non-hydrogen) atoms. The van der Waals surface area contributed by atoms with E-state index in [0.29, 0.717) is 6.54 Å². The number of rotatable bonds is 6. The fourth-order valence-corrected chi connectivity index (χ4v) is 1.76. The molecule has 0 aromatic heterocycles. The van der Waals surface area contributed by atoms with E-state index in [1.807, 2.05) is 18.7 Å². The molecule has 1 rings (SSSR count). The molecule has 0 heterocycles. The van der Waals surface area contributed by atoms with E-state index in [0.717, 1.165) is 26.3 Å². The lowest BCUT2D eigenvalue weighted by atomic mass is 10.1. The fraction of sp³-hybridized carbons (Fsp3) is 0.429. The molecule has 0 saturated carbocycles. The number of methoxy groups -OCH3 is 1. The van der Waals surface area contributed by atoms with Gasteiger partial charge in [0.15, 0.2) is 17.4 Å². The number of hydrogen-bond donors (Lipinski definition) is 0. The smallest absolute Gasteiger partial charge is 0.204 e. The van der Waals surface area contributed by atoms with Gasteiger partial charge >= 0.3 is 0 Å². The highest BCUT2D eigenvalue weighted by Crippen LogP contribution is 2.30. The molecule has 0 aliphatic rings. The van der Waals surface area contributed by atoms with Crippen LogP contribution >= 0.6 is 0 Å². The van der Waals surface area contributed by atoms with E-state index in [-0.39, 0.29) is 0 Å². The lowest BCUT2D eigenvalue weighted by molar-refractivity contribution is 0.331. The zero-order valence-electron chi connectivity index (χ0n) is 11.6. The monoisotopic (exact) mass is 291 g/mol. The molecule has 0 unspecified atom stereocenters. The molecule has 112 valence electrons. The van der Waals surface area contributed by atoms with Crippen LogP contribution < -0.4 is 4.74 Å². The number of hydrogen-bond acceptors (Lipinski definition) is 2. The van der Waals surface area contributed by atoms with Crippen molar-refractivity contribution in [3.8, 4) is 5.75 Å². The van der Waals surface area contributed by atoms with E-state index in [4.69, 9.17) is 0 Å². The number of benzene rings is 1. The minimum Gasteiger partial charge on any atom is -0.491 e. The van der Waals surface area contributed by atoms with Gasteiger partial charge in [-0.2, -0.15) is 8.78 Å². The van der Waals surface area contributed by atoms with E-state index in [1.165, 1.54) is 6.08 Å². The number of halogens is 4. The highest BCUT2D eigenvalue weighted by Gasteiger charge is 2.24. The van der Waals surface area contributed by atoms with Gasteiger partial charge in [0, 0.05) is 6.54 Å². The topological polar surface area (TPSA) is 12.5 Å². The molecule has 0 saturated heterocycles. The van der Waals surface area contributed by atoms with Crippen molar-refractivity contribution in [2.24, 2.45) is 0 Å². The van der Waals surface area contributed by atoms with Gasteiger partial charge in [-0.25, -0.2) is 8.78 Å². The van der Waals surface area contributed by atoms with Crippen molar-refractivity contribution in [3.05, 3.63) is 34.9 Å². The molecule has 0 spiro atoms. The van der Waals surface area contributed by atoms with E-state index in [2.05, 4.69) is 4.74 Å². The molecule has 0 aliphatic heterocycles. The zero-order valence-corrected chi connectivity index (χ0v) is 11.6. The average Bonchev–Trinajstić information content (AvgIpc) is 2.45. The van der Waals surface area contributed by atoms with Crippen molar-refractivity contribution < 1.29 is 22.3 Å². The summed E-state index contributed by atoms with van der Waals surface area (Å²) in [5, 5.41) is 0. The Bertz CT molecular complexity index is 469. The standard InChI is InChI=1S/C14H17F4NO/c1-4-19(5-2)8-6-7-9-10(15)12(17)14(20-3)13(18)11(9)16/h6-7H,4-5,8H2,1-3H3/b7-6+. The fourth-order valence-electron chi connectivity index (χ4n) is 1.76. The molecule has 0 atom stereocenters. The SMILES string of the molecule is CCN(CC)C/C=C/c1c(F)c(F)c(OC)c(F)c1F. The van der Waals surface area contributed by atoms with Crippen molar-refractivity contribution in [2.75, 3.05) is 26.7 Å². The van der Waals surface area contributed by atoms with Crippen molar-refractivity contribution in [2.45, 2.75) is 13.8 Å². The van der Waals surface area contributed by atoms with Crippen molar-refractivity contribution in [1.82, 2.24) is 4.90 Å². The molecule has 2 nitrogen and oxygen atoms in total. The second-order valence-corrected chi connectivity index (χ2v) is 4.09. The number of nitrogens with zero attached hydrogens (tertiary/aromatic N) is 1. The molecule has 1 aromatic rings. The Morgan fingerprint density at radius 1 is 0.950 bits per heavy atom. The van der Waals surface area contributed by atoms with E-state index >= 15 is 0 Å². The van der Waals surface area contributed by atoms with Gasteiger partial charge in [-0.1, -0.05) is 26.0 Å². The minimum absolute atomic E-state index is 0.432. The van der Waals surface area contributed by atoms with Gasteiger partial charge in [-0.3, -0.25) is 0 Å². The quantitative estimate of drug-likeness (QED) is 0.586. The first kappa shape index (κ1) is 16.5. The van der Waals surface area contributed by atoms with Gasteiger partial charge in [0.2, 0.25) is 11.6 Å². The minimum atomic E-state index is -1.53. The molecular weight excluding hydrogens is 274 g/mol. The summed E-state index contributed by atoms with van der Waals surface area (Å²) < 4.78 is 58.6. The first-order valence-corrected chi connectivity index (χ1v) is 6.26. The summed E-state index contributed by atoms with van der Waals surface area (Å²) in [6.45, 7) is 5.83. The van der Waals surface area contributed by atoms with Gasteiger partial charge in [-0.05, 0) is 13.1 Å². The Kier molecular flexibility index (Phi) is 6.01. The number of ether oxygens (including phenoxy) is 1. The molecule has 0 bridgehead atoms.